The van der Waals surface area contributed by atoms with Crippen molar-refractivity contribution in [2.45, 2.75) is 6.42 Å². The van der Waals surface area contributed by atoms with Crippen LogP contribution in [0.1, 0.15) is 5.56 Å². The maximum Gasteiger partial charge on any atom is 0.229 e. The highest BCUT2D eigenvalue weighted by atomic mass is 19.1. The molecule has 0 saturated heterocycles. The van der Waals surface area contributed by atoms with Gasteiger partial charge in [0.25, 0.3) is 0 Å². The van der Waals surface area contributed by atoms with Gasteiger partial charge in [0.15, 0.2) is 0 Å². The van der Waals surface area contributed by atoms with E-state index in [1.54, 1.807) is 31.5 Å². The maximum absolute atomic E-state index is 13.2. The fraction of sp³-hybridized carbons (Fsp3) is 0.158. The highest BCUT2D eigenvalue weighted by molar-refractivity contribution is 5.54. The van der Waals surface area contributed by atoms with Gasteiger partial charge in [-0.2, -0.15) is 4.98 Å². The molecule has 0 aliphatic rings. The summed E-state index contributed by atoms with van der Waals surface area (Å²) in [5.41, 5.74) is 1.82. The number of rotatable bonds is 7. The lowest BCUT2D eigenvalue weighted by atomic mass is 10.1. The monoisotopic (exact) mass is 338 g/mol. The van der Waals surface area contributed by atoms with Gasteiger partial charge in [-0.1, -0.05) is 18.2 Å². The molecule has 0 aliphatic heterocycles. The first-order valence-corrected chi connectivity index (χ1v) is 7.95. The fourth-order valence-corrected chi connectivity index (χ4v) is 2.34. The van der Waals surface area contributed by atoms with Gasteiger partial charge in [-0.15, -0.1) is 0 Å². The zero-order valence-corrected chi connectivity index (χ0v) is 13.9. The molecule has 0 radical (unpaired) electrons. The second-order valence-electron chi connectivity index (χ2n) is 5.43. The first-order valence-electron chi connectivity index (χ1n) is 7.95. The fourth-order valence-electron chi connectivity index (χ4n) is 2.34. The Morgan fingerprint density at radius 2 is 1.92 bits per heavy atom. The molecule has 128 valence electrons. The summed E-state index contributed by atoms with van der Waals surface area (Å²) in [6.07, 6.45) is 2.52. The average molecular weight is 338 g/mol. The summed E-state index contributed by atoms with van der Waals surface area (Å²) >= 11 is 0. The highest BCUT2D eigenvalue weighted by Crippen LogP contribution is 2.15. The summed E-state index contributed by atoms with van der Waals surface area (Å²) in [6.45, 7) is 0.739. The molecule has 2 N–H and O–H groups in total. The van der Waals surface area contributed by atoms with Crippen molar-refractivity contribution >= 4 is 17.5 Å². The third-order valence-corrected chi connectivity index (χ3v) is 3.62. The van der Waals surface area contributed by atoms with Gasteiger partial charge >= 0.3 is 0 Å². The van der Waals surface area contributed by atoms with E-state index in [1.807, 2.05) is 24.3 Å². The molecule has 1 aromatic heterocycles. The summed E-state index contributed by atoms with van der Waals surface area (Å²) < 4.78 is 18.4. The Balaban J connectivity index is 1.56. The van der Waals surface area contributed by atoms with Crippen LogP contribution >= 0.6 is 0 Å². The minimum atomic E-state index is -0.307. The molecule has 0 bridgehead atoms. The first-order chi connectivity index (χ1) is 12.2. The molecule has 6 heteroatoms. The number of hydrogen-bond acceptors (Lipinski definition) is 5. The van der Waals surface area contributed by atoms with Crippen LogP contribution in [-0.2, 0) is 6.42 Å². The average Bonchev–Trinajstić information content (AvgIpc) is 2.63. The normalized spacial score (nSPS) is 10.3. The summed E-state index contributed by atoms with van der Waals surface area (Å²) in [5.74, 6) is 1.67. The van der Waals surface area contributed by atoms with Gasteiger partial charge in [-0.05, 0) is 48.4 Å². The number of nitrogens with zero attached hydrogens (tertiary/aromatic N) is 2. The van der Waals surface area contributed by atoms with E-state index < -0.39 is 0 Å². The summed E-state index contributed by atoms with van der Waals surface area (Å²) in [5, 5.41) is 6.25. The summed E-state index contributed by atoms with van der Waals surface area (Å²) in [7, 11) is 1.65. The van der Waals surface area contributed by atoms with Crippen molar-refractivity contribution < 1.29 is 9.13 Å². The van der Waals surface area contributed by atoms with E-state index in [4.69, 9.17) is 4.74 Å². The van der Waals surface area contributed by atoms with Crippen molar-refractivity contribution in [3.63, 3.8) is 0 Å². The molecule has 25 heavy (non-hydrogen) atoms. The molecule has 0 saturated carbocycles. The standard InChI is InChI=1S/C19H19FN4O/c1-25-17-7-5-14(6-8-17)9-11-21-18-10-12-22-19(24-18)23-16-4-2-3-15(20)13-16/h2-8,10,12-13H,9,11H2,1H3,(H2,21,22,23,24). The van der Waals surface area contributed by atoms with Crippen LogP contribution in [0, 0.1) is 5.82 Å². The second kappa shape index (κ2) is 8.10. The minimum Gasteiger partial charge on any atom is -0.497 e. The highest BCUT2D eigenvalue weighted by Gasteiger charge is 2.01. The van der Waals surface area contributed by atoms with Crippen molar-refractivity contribution in [2.24, 2.45) is 0 Å². The molecule has 2 aromatic carbocycles. The van der Waals surface area contributed by atoms with E-state index >= 15 is 0 Å². The van der Waals surface area contributed by atoms with Crippen LogP contribution in [0.4, 0.5) is 21.8 Å². The molecule has 3 rings (SSSR count). The molecule has 0 spiro atoms. The van der Waals surface area contributed by atoms with E-state index in [0.29, 0.717) is 17.5 Å². The van der Waals surface area contributed by atoms with Crippen LogP contribution in [0.5, 0.6) is 5.75 Å². The number of methoxy groups -OCH3 is 1. The number of halogens is 1. The van der Waals surface area contributed by atoms with Crippen LogP contribution in [-0.4, -0.2) is 23.6 Å². The molecule has 0 unspecified atom stereocenters. The van der Waals surface area contributed by atoms with Crippen molar-refractivity contribution in [3.05, 3.63) is 72.2 Å². The molecule has 0 atom stereocenters. The van der Waals surface area contributed by atoms with Gasteiger partial charge < -0.3 is 15.4 Å². The Bertz CT molecular complexity index is 824. The zero-order valence-electron chi connectivity index (χ0n) is 13.9. The van der Waals surface area contributed by atoms with Crippen LogP contribution in [0.3, 0.4) is 0 Å². The molecule has 0 fully saturated rings. The Hall–Kier alpha value is -3.15. The van der Waals surface area contributed by atoms with Crippen molar-refractivity contribution in [1.29, 1.82) is 0 Å². The lowest BCUT2D eigenvalue weighted by molar-refractivity contribution is 0.414. The zero-order chi connectivity index (χ0) is 17.5. The Morgan fingerprint density at radius 3 is 2.68 bits per heavy atom. The number of benzene rings is 2. The summed E-state index contributed by atoms with van der Waals surface area (Å²) in [4.78, 5) is 8.53. The van der Waals surface area contributed by atoms with Crippen molar-refractivity contribution in [3.8, 4) is 5.75 Å². The Kier molecular flexibility index (Phi) is 5.41. The smallest absolute Gasteiger partial charge is 0.229 e. The Morgan fingerprint density at radius 1 is 1.08 bits per heavy atom. The topological polar surface area (TPSA) is 59.1 Å². The molecular formula is C19H19FN4O. The number of anilines is 3. The predicted molar refractivity (Wildman–Crippen MR) is 96.9 cm³/mol. The molecule has 3 aromatic rings. The van der Waals surface area contributed by atoms with Crippen LogP contribution in [0.2, 0.25) is 0 Å². The third-order valence-electron chi connectivity index (χ3n) is 3.62. The predicted octanol–water partition coefficient (Wildman–Crippen LogP) is 4.02. The van der Waals surface area contributed by atoms with Crippen LogP contribution < -0.4 is 15.4 Å². The first kappa shape index (κ1) is 16.7. The van der Waals surface area contributed by atoms with E-state index in [1.165, 1.54) is 17.7 Å². The molecule has 0 aliphatic carbocycles. The summed E-state index contributed by atoms with van der Waals surface area (Å²) in [6, 6.07) is 15.9. The SMILES string of the molecule is COc1ccc(CCNc2ccnc(Nc3cccc(F)c3)n2)cc1. The quantitative estimate of drug-likeness (QED) is 0.681. The Labute approximate surface area is 145 Å². The molecule has 0 amide bonds. The van der Waals surface area contributed by atoms with Gasteiger partial charge in [0, 0.05) is 18.4 Å². The molecule has 5 nitrogen and oxygen atoms in total. The van der Waals surface area contributed by atoms with Gasteiger partial charge in [0.2, 0.25) is 5.95 Å². The van der Waals surface area contributed by atoms with E-state index in [9.17, 15) is 4.39 Å². The lowest BCUT2D eigenvalue weighted by Crippen LogP contribution is -2.07. The van der Waals surface area contributed by atoms with E-state index in [-0.39, 0.29) is 5.82 Å². The van der Waals surface area contributed by atoms with Gasteiger partial charge in [-0.3, -0.25) is 0 Å². The minimum absolute atomic E-state index is 0.307. The van der Waals surface area contributed by atoms with Gasteiger partial charge in [0.1, 0.15) is 17.4 Å². The maximum atomic E-state index is 13.2. The van der Waals surface area contributed by atoms with Crippen molar-refractivity contribution in [2.75, 3.05) is 24.3 Å². The van der Waals surface area contributed by atoms with E-state index in [0.717, 1.165) is 18.7 Å². The number of ether oxygens (including phenoxy) is 1. The molecular weight excluding hydrogens is 319 g/mol. The number of hydrogen-bond donors (Lipinski definition) is 2. The van der Waals surface area contributed by atoms with Crippen LogP contribution in [0.25, 0.3) is 0 Å². The van der Waals surface area contributed by atoms with E-state index in [2.05, 4.69) is 20.6 Å². The van der Waals surface area contributed by atoms with Crippen molar-refractivity contribution in [1.82, 2.24) is 9.97 Å². The lowest BCUT2D eigenvalue weighted by Gasteiger charge is -2.09. The van der Waals surface area contributed by atoms with Gasteiger partial charge in [-0.25, -0.2) is 9.37 Å². The van der Waals surface area contributed by atoms with Crippen LogP contribution in [0.15, 0.2) is 60.8 Å². The number of nitrogens with one attached hydrogen (secondary N) is 2. The van der Waals surface area contributed by atoms with Gasteiger partial charge in [0.05, 0.1) is 7.11 Å². The second-order valence-corrected chi connectivity index (χ2v) is 5.43. The number of aromatic nitrogens is 2. The largest absolute Gasteiger partial charge is 0.497 e. The third kappa shape index (κ3) is 4.91. The molecule has 1 heterocycles.